The van der Waals surface area contributed by atoms with Crippen molar-refractivity contribution in [1.82, 2.24) is 10.3 Å². The molecule has 0 fully saturated rings. The van der Waals surface area contributed by atoms with E-state index in [0.29, 0.717) is 25.3 Å². The number of hydrogen-bond donors (Lipinski definition) is 2. The van der Waals surface area contributed by atoms with Crippen molar-refractivity contribution in [1.29, 1.82) is 0 Å². The maximum absolute atomic E-state index is 11.9. The van der Waals surface area contributed by atoms with Crippen molar-refractivity contribution < 1.29 is 13.5 Å². The molecular weight excluding hydrogens is 252 g/mol. The number of nitrogens with two attached hydrogens (primary N) is 1. The van der Waals surface area contributed by atoms with Crippen molar-refractivity contribution in [3.8, 4) is 0 Å². The fourth-order valence-electron chi connectivity index (χ4n) is 1.85. The lowest BCUT2D eigenvalue weighted by molar-refractivity contribution is 0.0144. The number of rotatable bonds is 9. The molecule has 0 bridgehead atoms. The largest absolute Gasteiger partial charge is 0.383 e. The van der Waals surface area contributed by atoms with Crippen molar-refractivity contribution >= 4 is 5.82 Å². The van der Waals surface area contributed by atoms with Gasteiger partial charge in [-0.15, -0.1) is 0 Å². The molecule has 0 aliphatic carbocycles. The Morgan fingerprint density at radius 3 is 2.89 bits per heavy atom. The van der Waals surface area contributed by atoms with Gasteiger partial charge in [0.15, 0.2) is 0 Å². The molecule has 108 valence electrons. The summed E-state index contributed by atoms with van der Waals surface area (Å²) < 4.78 is 28.8. The predicted molar refractivity (Wildman–Crippen MR) is 71.3 cm³/mol. The Hall–Kier alpha value is -1.27. The number of pyridine rings is 1. The van der Waals surface area contributed by atoms with E-state index in [9.17, 15) is 8.78 Å². The summed E-state index contributed by atoms with van der Waals surface area (Å²) in [4.78, 5) is 4.03. The van der Waals surface area contributed by atoms with Crippen molar-refractivity contribution in [3.63, 3.8) is 0 Å². The van der Waals surface area contributed by atoms with Crippen LogP contribution in [0, 0.1) is 0 Å². The maximum Gasteiger partial charge on any atom is 0.261 e. The van der Waals surface area contributed by atoms with E-state index in [-0.39, 0.29) is 6.04 Å². The molecule has 3 N–H and O–H groups in total. The van der Waals surface area contributed by atoms with E-state index in [1.54, 1.807) is 6.20 Å². The summed E-state index contributed by atoms with van der Waals surface area (Å²) in [5, 5.41) is 3.30. The van der Waals surface area contributed by atoms with Gasteiger partial charge >= 0.3 is 0 Å². The first-order chi connectivity index (χ1) is 9.13. The predicted octanol–water partition coefficient (Wildman–Crippen LogP) is 1.86. The third kappa shape index (κ3) is 6.45. The lowest BCUT2D eigenvalue weighted by atomic mass is 10.0. The smallest absolute Gasteiger partial charge is 0.261 e. The summed E-state index contributed by atoms with van der Waals surface area (Å²) in [6, 6.07) is 3.91. The first-order valence-corrected chi connectivity index (χ1v) is 6.42. The Balaban J connectivity index is 2.42. The molecule has 1 aromatic rings. The Morgan fingerprint density at radius 2 is 2.26 bits per heavy atom. The molecule has 0 amide bonds. The Morgan fingerprint density at radius 1 is 1.47 bits per heavy atom. The van der Waals surface area contributed by atoms with E-state index >= 15 is 0 Å². The highest BCUT2D eigenvalue weighted by atomic mass is 19.3. The standard InChI is InChI=1S/C13H21F2N3O/c1-2-17-11(5-7-19-9-12(14)15)8-10-4-3-6-18-13(10)16/h3-4,6,11-12,17H,2,5,7-9H2,1H3,(H2,16,18). The van der Waals surface area contributed by atoms with Crippen molar-refractivity contribution in [2.75, 3.05) is 25.5 Å². The third-order valence-electron chi connectivity index (χ3n) is 2.74. The molecule has 0 spiro atoms. The zero-order valence-corrected chi connectivity index (χ0v) is 11.1. The molecule has 0 aliphatic rings. The topological polar surface area (TPSA) is 60.2 Å². The fourth-order valence-corrected chi connectivity index (χ4v) is 1.85. The molecule has 4 nitrogen and oxygen atoms in total. The van der Waals surface area contributed by atoms with Gasteiger partial charge in [0.25, 0.3) is 6.43 Å². The van der Waals surface area contributed by atoms with Crippen LogP contribution < -0.4 is 11.1 Å². The van der Waals surface area contributed by atoms with Gasteiger partial charge in [-0.1, -0.05) is 13.0 Å². The van der Waals surface area contributed by atoms with Gasteiger partial charge in [-0.25, -0.2) is 13.8 Å². The first kappa shape index (κ1) is 15.8. The average Bonchev–Trinajstić information content (AvgIpc) is 2.37. The molecule has 1 atom stereocenters. The minimum Gasteiger partial charge on any atom is -0.383 e. The van der Waals surface area contributed by atoms with Gasteiger partial charge in [0.2, 0.25) is 0 Å². The molecule has 19 heavy (non-hydrogen) atoms. The van der Waals surface area contributed by atoms with E-state index in [1.165, 1.54) is 0 Å². The van der Waals surface area contributed by atoms with E-state index in [0.717, 1.165) is 12.1 Å². The van der Waals surface area contributed by atoms with Gasteiger partial charge in [0.05, 0.1) is 0 Å². The number of aromatic nitrogens is 1. The van der Waals surface area contributed by atoms with Gasteiger partial charge in [-0.05, 0) is 31.0 Å². The van der Waals surface area contributed by atoms with Crippen molar-refractivity contribution in [2.45, 2.75) is 32.2 Å². The summed E-state index contributed by atoms with van der Waals surface area (Å²) in [5.41, 5.74) is 6.75. The van der Waals surface area contributed by atoms with Crippen LogP contribution in [0.5, 0.6) is 0 Å². The molecule has 1 heterocycles. The van der Waals surface area contributed by atoms with E-state index < -0.39 is 13.0 Å². The minimum atomic E-state index is -2.41. The molecule has 0 aliphatic heterocycles. The SMILES string of the molecule is CCNC(CCOCC(F)F)Cc1cccnc1N. The number of likely N-dealkylation sites (N-methyl/N-ethyl adjacent to an activating group) is 1. The molecule has 1 rings (SSSR count). The van der Waals surface area contributed by atoms with Gasteiger partial charge < -0.3 is 15.8 Å². The molecule has 1 unspecified atom stereocenters. The summed E-state index contributed by atoms with van der Waals surface area (Å²) >= 11 is 0. The number of nitrogens with zero attached hydrogens (tertiary/aromatic N) is 1. The summed E-state index contributed by atoms with van der Waals surface area (Å²) in [5.74, 6) is 0.513. The Labute approximate surface area is 112 Å². The quantitative estimate of drug-likeness (QED) is 0.674. The molecule has 0 saturated carbocycles. The molecule has 6 heteroatoms. The Bertz CT molecular complexity index is 363. The van der Waals surface area contributed by atoms with Crippen LogP contribution in [0.25, 0.3) is 0 Å². The summed E-state index contributed by atoms with van der Waals surface area (Å²) in [6.07, 6.45) is 0.611. The van der Waals surface area contributed by atoms with E-state index in [2.05, 4.69) is 10.3 Å². The van der Waals surface area contributed by atoms with Crippen LogP contribution in [0.2, 0.25) is 0 Å². The lowest BCUT2D eigenvalue weighted by Crippen LogP contribution is -2.32. The van der Waals surface area contributed by atoms with E-state index in [4.69, 9.17) is 10.5 Å². The molecule has 0 aromatic carbocycles. The van der Waals surface area contributed by atoms with Crippen LogP contribution in [-0.4, -0.2) is 37.2 Å². The third-order valence-corrected chi connectivity index (χ3v) is 2.74. The zero-order chi connectivity index (χ0) is 14.1. The maximum atomic E-state index is 11.9. The number of hydrogen-bond acceptors (Lipinski definition) is 4. The zero-order valence-electron chi connectivity index (χ0n) is 11.1. The molecule has 1 aromatic heterocycles. The Kier molecular flexibility index (Phi) is 7.28. The highest BCUT2D eigenvalue weighted by Crippen LogP contribution is 2.11. The van der Waals surface area contributed by atoms with Crippen LogP contribution in [0.1, 0.15) is 18.9 Å². The number of alkyl halides is 2. The molecular formula is C13H21F2N3O. The number of halogens is 2. The minimum absolute atomic E-state index is 0.147. The number of nitrogens with one attached hydrogen (secondary N) is 1. The van der Waals surface area contributed by atoms with Gasteiger partial charge in [0.1, 0.15) is 12.4 Å². The van der Waals surface area contributed by atoms with Crippen molar-refractivity contribution in [2.24, 2.45) is 0 Å². The van der Waals surface area contributed by atoms with E-state index in [1.807, 2.05) is 19.1 Å². The van der Waals surface area contributed by atoms with Crippen LogP contribution in [0.15, 0.2) is 18.3 Å². The van der Waals surface area contributed by atoms with Gasteiger partial charge in [0, 0.05) is 18.8 Å². The summed E-state index contributed by atoms with van der Waals surface area (Å²) in [6.45, 7) is 2.61. The fraction of sp³-hybridized carbons (Fsp3) is 0.615. The summed E-state index contributed by atoms with van der Waals surface area (Å²) in [7, 11) is 0. The van der Waals surface area contributed by atoms with Gasteiger partial charge in [-0.2, -0.15) is 0 Å². The second-order valence-corrected chi connectivity index (χ2v) is 4.26. The lowest BCUT2D eigenvalue weighted by Gasteiger charge is -2.18. The van der Waals surface area contributed by atoms with Crippen LogP contribution in [-0.2, 0) is 11.2 Å². The van der Waals surface area contributed by atoms with Crippen LogP contribution in [0.3, 0.4) is 0 Å². The number of ether oxygens (including phenoxy) is 1. The average molecular weight is 273 g/mol. The first-order valence-electron chi connectivity index (χ1n) is 6.42. The second kappa shape index (κ2) is 8.77. The monoisotopic (exact) mass is 273 g/mol. The second-order valence-electron chi connectivity index (χ2n) is 4.26. The highest BCUT2D eigenvalue weighted by molar-refractivity contribution is 5.38. The van der Waals surface area contributed by atoms with Gasteiger partial charge in [-0.3, -0.25) is 0 Å². The highest BCUT2D eigenvalue weighted by Gasteiger charge is 2.11. The molecule has 0 saturated heterocycles. The van der Waals surface area contributed by atoms with Crippen molar-refractivity contribution in [3.05, 3.63) is 23.9 Å². The molecule has 0 radical (unpaired) electrons. The van der Waals surface area contributed by atoms with Crippen LogP contribution in [0.4, 0.5) is 14.6 Å². The number of nitrogen functional groups attached to an aromatic ring is 1. The number of anilines is 1. The normalized spacial score (nSPS) is 12.8. The van der Waals surface area contributed by atoms with Crippen LogP contribution >= 0.6 is 0 Å².